The maximum absolute atomic E-state index is 12.1. The average Bonchev–Trinajstić information content (AvgIpc) is 2.47. The van der Waals surface area contributed by atoms with E-state index in [4.69, 9.17) is 0 Å². The van der Waals surface area contributed by atoms with Gasteiger partial charge in [0, 0.05) is 28.6 Å². The SMILES string of the molecule is O=c1[nH]c2ccc([N+](=O)[O-])cc2cc1-c1ccccc1. The van der Waals surface area contributed by atoms with Crippen molar-refractivity contribution < 1.29 is 4.92 Å². The number of fused-ring (bicyclic) bond motifs is 1. The molecule has 0 spiro atoms. The molecule has 0 atom stereocenters. The number of nitro groups is 1. The zero-order valence-corrected chi connectivity index (χ0v) is 10.4. The monoisotopic (exact) mass is 266 g/mol. The Balaban J connectivity index is 2.26. The van der Waals surface area contributed by atoms with Crippen LogP contribution in [-0.2, 0) is 0 Å². The van der Waals surface area contributed by atoms with Crippen LogP contribution in [0.3, 0.4) is 0 Å². The van der Waals surface area contributed by atoms with Crippen molar-refractivity contribution in [3.05, 3.63) is 75.1 Å². The molecule has 5 heteroatoms. The van der Waals surface area contributed by atoms with Gasteiger partial charge in [-0.3, -0.25) is 14.9 Å². The molecule has 3 aromatic rings. The maximum Gasteiger partial charge on any atom is 0.270 e. The number of nitro benzene ring substituents is 1. The largest absolute Gasteiger partial charge is 0.321 e. The van der Waals surface area contributed by atoms with Gasteiger partial charge in [-0.1, -0.05) is 30.3 Å². The number of hydrogen-bond donors (Lipinski definition) is 1. The van der Waals surface area contributed by atoms with Gasteiger partial charge in [0.05, 0.1) is 4.92 Å². The summed E-state index contributed by atoms with van der Waals surface area (Å²) in [7, 11) is 0. The van der Waals surface area contributed by atoms with Gasteiger partial charge >= 0.3 is 0 Å². The molecule has 1 aromatic heterocycles. The molecule has 98 valence electrons. The standard InChI is InChI=1S/C15H10N2O3/c18-15-13(10-4-2-1-3-5-10)9-11-8-12(17(19)20)6-7-14(11)16-15/h1-9H,(H,16,18). The van der Waals surface area contributed by atoms with Gasteiger partial charge in [-0.05, 0) is 17.7 Å². The van der Waals surface area contributed by atoms with E-state index in [9.17, 15) is 14.9 Å². The van der Waals surface area contributed by atoms with E-state index in [1.807, 2.05) is 30.3 Å². The fourth-order valence-electron chi connectivity index (χ4n) is 2.14. The van der Waals surface area contributed by atoms with Gasteiger partial charge in [0.2, 0.25) is 0 Å². The number of aromatic nitrogens is 1. The fraction of sp³-hybridized carbons (Fsp3) is 0. The van der Waals surface area contributed by atoms with E-state index in [2.05, 4.69) is 4.98 Å². The molecule has 0 bridgehead atoms. The van der Waals surface area contributed by atoms with Crippen LogP contribution in [0.15, 0.2) is 59.4 Å². The zero-order chi connectivity index (χ0) is 14.1. The Morgan fingerprint density at radius 2 is 1.75 bits per heavy atom. The Labute approximate surface area is 113 Å². The average molecular weight is 266 g/mol. The molecule has 1 N–H and O–H groups in total. The highest BCUT2D eigenvalue weighted by Gasteiger charge is 2.09. The van der Waals surface area contributed by atoms with Gasteiger partial charge in [0.1, 0.15) is 0 Å². The summed E-state index contributed by atoms with van der Waals surface area (Å²) in [5.74, 6) is 0. The smallest absolute Gasteiger partial charge is 0.270 e. The number of hydrogen-bond acceptors (Lipinski definition) is 3. The van der Waals surface area contributed by atoms with Crippen LogP contribution in [0.4, 0.5) is 5.69 Å². The Hall–Kier alpha value is -2.95. The van der Waals surface area contributed by atoms with Crippen molar-refractivity contribution in [2.75, 3.05) is 0 Å². The molecule has 1 heterocycles. The van der Waals surface area contributed by atoms with Crippen molar-refractivity contribution in [3.8, 4) is 11.1 Å². The molecule has 20 heavy (non-hydrogen) atoms. The first-order chi connectivity index (χ1) is 9.65. The molecule has 3 rings (SSSR count). The lowest BCUT2D eigenvalue weighted by molar-refractivity contribution is -0.384. The molecule has 5 nitrogen and oxygen atoms in total. The van der Waals surface area contributed by atoms with Crippen molar-refractivity contribution >= 4 is 16.6 Å². The number of non-ortho nitro benzene ring substituents is 1. The lowest BCUT2D eigenvalue weighted by Gasteiger charge is -2.03. The van der Waals surface area contributed by atoms with E-state index in [1.54, 1.807) is 12.1 Å². The van der Waals surface area contributed by atoms with Crippen molar-refractivity contribution in [2.45, 2.75) is 0 Å². The quantitative estimate of drug-likeness (QED) is 0.572. The molecule has 0 unspecified atom stereocenters. The van der Waals surface area contributed by atoms with Crippen molar-refractivity contribution in [1.82, 2.24) is 4.98 Å². The highest BCUT2D eigenvalue weighted by Crippen LogP contribution is 2.22. The normalized spacial score (nSPS) is 10.6. The number of rotatable bonds is 2. The first kappa shape index (κ1) is 12.1. The van der Waals surface area contributed by atoms with Gasteiger partial charge in [0.15, 0.2) is 0 Å². The summed E-state index contributed by atoms with van der Waals surface area (Å²) in [5.41, 5.74) is 1.65. The number of nitrogens with one attached hydrogen (secondary N) is 1. The summed E-state index contributed by atoms with van der Waals surface area (Å²) in [5, 5.41) is 11.4. The lowest BCUT2D eigenvalue weighted by Crippen LogP contribution is -2.08. The Bertz CT molecular complexity index is 854. The summed E-state index contributed by atoms with van der Waals surface area (Å²) >= 11 is 0. The van der Waals surface area contributed by atoms with Crippen molar-refractivity contribution in [1.29, 1.82) is 0 Å². The third kappa shape index (κ3) is 2.05. The minimum absolute atomic E-state index is 0.00330. The summed E-state index contributed by atoms with van der Waals surface area (Å²) in [4.78, 5) is 25.2. The zero-order valence-electron chi connectivity index (χ0n) is 10.4. The number of pyridine rings is 1. The van der Waals surface area contributed by atoms with Gasteiger partial charge in [-0.2, -0.15) is 0 Å². The molecule has 0 aliphatic carbocycles. The Morgan fingerprint density at radius 3 is 2.45 bits per heavy atom. The second kappa shape index (κ2) is 4.62. The lowest BCUT2D eigenvalue weighted by atomic mass is 10.1. The molecule has 0 saturated heterocycles. The van der Waals surface area contributed by atoms with Crippen LogP contribution in [0.5, 0.6) is 0 Å². The highest BCUT2D eigenvalue weighted by atomic mass is 16.6. The van der Waals surface area contributed by atoms with E-state index >= 15 is 0 Å². The molecular formula is C15H10N2O3. The van der Waals surface area contributed by atoms with Crippen LogP contribution in [0, 0.1) is 10.1 Å². The van der Waals surface area contributed by atoms with Crippen LogP contribution >= 0.6 is 0 Å². The minimum atomic E-state index is -0.452. The molecule has 0 aliphatic heterocycles. The number of benzene rings is 2. The Kier molecular flexibility index (Phi) is 2.80. The summed E-state index contributed by atoms with van der Waals surface area (Å²) in [6, 6.07) is 15.3. The number of aromatic amines is 1. The third-order valence-corrected chi connectivity index (χ3v) is 3.12. The van der Waals surface area contributed by atoms with E-state index in [0.717, 1.165) is 5.56 Å². The molecular weight excluding hydrogens is 256 g/mol. The van der Waals surface area contributed by atoms with Crippen LogP contribution in [0.1, 0.15) is 0 Å². The van der Waals surface area contributed by atoms with Crippen LogP contribution in [0.2, 0.25) is 0 Å². The number of H-pyrrole nitrogens is 1. The van der Waals surface area contributed by atoms with E-state index in [-0.39, 0.29) is 11.2 Å². The molecule has 0 saturated carbocycles. The third-order valence-electron chi connectivity index (χ3n) is 3.12. The van der Waals surface area contributed by atoms with Crippen molar-refractivity contribution in [2.24, 2.45) is 0 Å². The van der Waals surface area contributed by atoms with Gasteiger partial charge in [0.25, 0.3) is 11.2 Å². The summed E-state index contributed by atoms with van der Waals surface area (Å²) in [6.45, 7) is 0. The molecule has 0 radical (unpaired) electrons. The van der Waals surface area contributed by atoms with Crippen LogP contribution < -0.4 is 5.56 Å². The van der Waals surface area contributed by atoms with Gasteiger partial charge in [-0.25, -0.2) is 0 Å². The molecule has 2 aromatic carbocycles. The van der Waals surface area contributed by atoms with Gasteiger partial charge in [-0.15, -0.1) is 0 Å². The van der Waals surface area contributed by atoms with Crippen molar-refractivity contribution in [3.63, 3.8) is 0 Å². The predicted octanol–water partition coefficient (Wildman–Crippen LogP) is 3.10. The second-order valence-corrected chi connectivity index (χ2v) is 4.41. The van der Waals surface area contributed by atoms with E-state index in [0.29, 0.717) is 16.5 Å². The fourth-order valence-corrected chi connectivity index (χ4v) is 2.14. The Morgan fingerprint density at radius 1 is 1.00 bits per heavy atom. The topological polar surface area (TPSA) is 76.0 Å². The first-order valence-electron chi connectivity index (χ1n) is 6.02. The number of nitrogens with zero attached hydrogens (tertiary/aromatic N) is 1. The van der Waals surface area contributed by atoms with Crippen LogP contribution in [-0.4, -0.2) is 9.91 Å². The van der Waals surface area contributed by atoms with E-state index < -0.39 is 4.92 Å². The molecule has 0 aliphatic rings. The minimum Gasteiger partial charge on any atom is -0.321 e. The maximum atomic E-state index is 12.1. The first-order valence-corrected chi connectivity index (χ1v) is 6.02. The second-order valence-electron chi connectivity index (χ2n) is 4.41. The highest BCUT2D eigenvalue weighted by molar-refractivity contribution is 5.85. The predicted molar refractivity (Wildman–Crippen MR) is 76.7 cm³/mol. The van der Waals surface area contributed by atoms with Gasteiger partial charge < -0.3 is 4.98 Å². The van der Waals surface area contributed by atoms with E-state index in [1.165, 1.54) is 12.1 Å². The summed E-state index contributed by atoms with van der Waals surface area (Å²) in [6.07, 6.45) is 0. The van der Waals surface area contributed by atoms with Crippen LogP contribution in [0.25, 0.3) is 22.0 Å². The molecule has 0 fully saturated rings. The molecule has 0 amide bonds. The summed E-state index contributed by atoms with van der Waals surface area (Å²) < 4.78 is 0.